The number of nitriles is 1. The number of nitrogens with zero attached hydrogens (tertiary/aromatic N) is 2. The van der Waals surface area contributed by atoms with Crippen molar-refractivity contribution in [3.63, 3.8) is 0 Å². The quantitative estimate of drug-likeness (QED) is 0.645. The van der Waals surface area contributed by atoms with Gasteiger partial charge in [-0.05, 0) is 12.8 Å². The van der Waals surface area contributed by atoms with Crippen LogP contribution < -0.4 is 0 Å². The Bertz CT molecular complexity index is 437. The third kappa shape index (κ3) is 2.19. The van der Waals surface area contributed by atoms with Crippen LogP contribution in [0.3, 0.4) is 0 Å². The first-order chi connectivity index (χ1) is 7.52. The molecule has 0 radical (unpaired) electrons. The molecule has 2 saturated heterocycles. The molecule has 0 spiro atoms. The van der Waals surface area contributed by atoms with Gasteiger partial charge in [0.15, 0.2) is 9.84 Å². The Balaban J connectivity index is 2.09. The molecule has 2 heterocycles. The predicted molar refractivity (Wildman–Crippen MR) is 57.1 cm³/mol. The summed E-state index contributed by atoms with van der Waals surface area (Å²) >= 11 is 0. The van der Waals surface area contributed by atoms with E-state index in [0.29, 0.717) is 13.0 Å². The number of rotatable bonds is 1. The van der Waals surface area contributed by atoms with Crippen LogP contribution in [0.1, 0.15) is 19.3 Å². The molecule has 2 aliphatic rings. The van der Waals surface area contributed by atoms with E-state index in [0.717, 1.165) is 6.42 Å². The van der Waals surface area contributed by atoms with Gasteiger partial charge in [0.25, 0.3) is 0 Å². The molecule has 2 rings (SSSR count). The van der Waals surface area contributed by atoms with Crippen LogP contribution in [0.25, 0.3) is 0 Å². The fourth-order valence-corrected chi connectivity index (χ4v) is 4.12. The maximum atomic E-state index is 11.6. The van der Waals surface area contributed by atoms with Crippen molar-refractivity contribution in [2.45, 2.75) is 25.3 Å². The third-order valence-corrected chi connectivity index (χ3v) is 5.02. The van der Waals surface area contributed by atoms with E-state index in [4.69, 9.17) is 5.26 Å². The summed E-state index contributed by atoms with van der Waals surface area (Å²) in [6.45, 7) is 0.398. The van der Waals surface area contributed by atoms with Crippen molar-refractivity contribution < 1.29 is 13.2 Å². The molecule has 2 atom stereocenters. The summed E-state index contributed by atoms with van der Waals surface area (Å²) in [6.07, 6.45) is 1.60. The normalized spacial score (nSPS) is 33.7. The van der Waals surface area contributed by atoms with E-state index in [2.05, 4.69) is 6.07 Å². The van der Waals surface area contributed by atoms with E-state index < -0.39 is 9.84 Å². The van der Waals surface area contributed by atoms with Crippen molar-refractivity contribution in [3.05, 3.63) is 0 Å². The van der Waals surface area contributed by atoms with Gasteiger partial charge >= 0.3 is 0 Å². The Morgan fingerprint density at radius 3 is 2.75 bits per heavy atom. The van der Waals surface area contributed by atoms with Crippen LogP contribution in [-0.2, 0) is 14.6 Å². The van der Waals surface area contributed by atoms with Gasteiger partial charge in [0, 0.05) is 19.0 Å². The van der Waals surface area contributed by atoms with E-state index >= 15 is 0 Å². The van der Waals surface area contributed by atoms with Crippen LogP contribution in [-0.4, -0.2) is 43.3 Å². The number of hydrogen-bond donors (Lipinski definition) is 0. The van der Waals surface area contributed by atoms with Crippen molar-refractivity contribution in [1.29, 1.82) is 5.26 Å². The summed E-state index contributed by atoms with van der Waals surface area (Å²) in [5.41, 5.74) is 0. The summed E-state index contributed by atoms with van der Waals surface area (Å²) in [5, 5.41) is 8.76. The molecular formula is C10H14N2O3S. The monoisotopic (exact) mass is 242 g/mol. The lowest BCUT2D eigenvalue weighted by Gasteiger charge is -2.30. The topological polar surface area (TPSA) is 78.2 Å². The summed E-state index contributed by atoms with van der Waals surface area (Å²) < 4.78 is 22.9. The van der Waals surface area contributed by atoms with Crippen LogP contribution in [0, 0.1) is 17.2 Å². The molecule has 0 aliphatic carbocycles. The maximum absolute atomic E-state index is 11.6. The minimum Gasteiger partial charge on any atom is -0.337 e. The second kappa shape index (κ2) is 4.06. The summed E-state index contributed by atoms with van der Waals surface area (Å²) in [5.74, 6) is -0.0461. The number of hydrogen-bond acceptors (Lipinski definition) is 4. The van der Waals surface area contributed by atoms with E-state index in [1.54, 1.807) is 4.90 Å². The van der Waals surface area contributed by atoms with E-state index in [1.165, 1.54) is 0 Å². The van der Waals surface area contributed by atoms with Gasteiger partial charge in [-0.3, -0.25) is 4.79 Å². The average molecular weight is 242 g/mol. The number of carbonyl (C=O) groups excluding carboxylic acids is 1. The Labute approximate surface area is 95.0 Å². The minimum absolute atomic E-state index is 0.0664. The molecule has 0 N–H and O–H groups in total. The second-order valence-electron chi connectivity index (χ2n) is 4.49. The highest BCUT2D eigenvalue weighted by Crippen LogP contribution is 2.25. The Kier molecular flexibility index (Phi) is 2.89. The zero-order valence-electron chi connectivity index (χ0n) is 8.92. The van der Waals surface area contributed by atoms with Gasteiger partial charge in [0.2, 0.25) is 5.91 Å². The van der Waals surface area contributed by atoms with Crippen LogP contribution in [0.4, 0.5) is 0 Å². The van der Waals surface area contributed by atoms with Crippen LogP contribution in [0.5, 0.6) is 0 Å². The summed E-state index contributed by atoms with van der Waals surface area (Å²) in [7, 11) is -2.99. The standard InChI is InChI=1S/C10H14N2O3S/c11-5-8-4-10(13)12(6-8)9-2-1-3-16(14,15)7-9/h8-9H,1-4,6-7H2. The van der Waals surface area contributed by atoms with Gasteiger partial charge in [0.05, 0.1) is 23.5 Å². The highest BCUT2D eigenvalue weighted by molar-refractivity contribution is 7.91. The largest absolute Gasteiger partial charge is 0.337 e. The van der Waals surface area contributed by atoms with E-state index in [1.807, 2.05) is 0 Å². The second-order valence-corrected chi connectivity index (χ2v) is 6.72. The molecule has 0 saturated carbocycles. The van der Waals surface area contributed by atoms with Gasteiger partial charge in [-0.25, -0.2) is 8.42 Å². The van der Waals surface area contributed by atoms with Crippen molar-refractivity contribution in [2.24, 2.45) is 5.92 Å². The fourth-order valence-electron chi connectivity index (χ4n) is 2.42. The van der Waals surface area contributed by atoms with Gasteiger partial charge in [-0.2, -0.15) is 5.26 Å². The molecular weight excluding hydrogens is 228 g/mol. The zero-order chi connectivity index (χ0) is 11.8. The first-order valence-corrected chi connectivity index (χ1v) is 7.23. The zero-order valence-corrected chi connectivity index (χ0v) is 9.74. The predicted octanol–water partition coefficient (Wildman–Crippen LogP) is -0.0643. The number of amides is 1. The third-order valence-electron chi connectivity index (χ3n) is 3.22. The SMILES string of the molecule is N#CC1CC(=O)N(C2CCCS(=O)(=O)C2)C1. The highest BCUT2D eigenvalue weighted by Gasteiger charge is 2.37. The van der Waals surface area contributed by atoms with Gasteiger partial charge < -0.3 is 4.90 Å². The van der Waals surface area contributed by atoms with Crippen LogP contribution in [0.2, 0.25) is 0 Å². The van der Waals surface area contributed by atoms with Crippen LogP contribution >= 0.6 is 0 Å². The lowest BCUT2D eigenvalue weighted by atomic mass is 10.1. The number of carbonyl (C=O) groups is 1. The summed E-state index contributed by atoms with van der Waals surface area (Å²) in [6, 6.07) is 1.87. The first kappa shape index (κ1) is 11.4. The molecule has 1 amide bonds. The van der Waals surface area contributed by atoms with Crippen molar-refractivity contribution in [3.8, 4) is 6.07 Å². The molecule has 88 valence electrons. The molecule has 5 nitrogen and oxygen atoms in total. The fraction of sp³-hybridized carbons (Fsp3) is 0.800. The minimum atomic E-state index is -2.99. The molecule has 6 heteroatoms. The molecule has 0 aromatic carbocycles. The molecule has 0 bridgehead atoms. The Morgan fingerprint density at radius 2 is 2.19 bits per heavy atom. The van der Waals surface area contributed by atoms with Crippen molar-refractivity contribution >= 4 is 15.7 Å². The van der Waals surface area contributed by atoms with Gasteiger partial charge in [0.1, 0.15) is 0 Å². The Morgan fingerprint density at radius 1 is 1.44 bits per heavy atom. The van der Waals surface area contributed by atoms with Gasteiger partial charge in [-0.1, -0.05) is 0 Å². The highest BCUT2D eigenvalue weighted by atomic mass is 32.2. The molecule has 16 heavy (non-hydrogen) atoms. The van der Waals surface area contributed by atoms with E-state index in [-0.39, 0.29) is 35.8 Å². The Hall–Kier alpha value is -1.09. The number of likely N-dealkylation sites (tertiary alicyclic amines) is 1. The maximum Gasteiger partial charge on any atom is 0.224 e. The first-order valence-electron chi connectivity index (χ1n) is 5.41. The molecule has 0 aromatic heterocycles. The lowest BCUT2D eigenvalue weighted by molar-refractivity contribution is -0.129. The van der Waals surface area contributed by atoms with Crippen molar-refractivity contribution in [2.75, 3.05) is 18.1 Å². The molecule has 0 aromatic rings. The van der Waals surface area contributed by atoms with Crippen LogP contribution in [0.15, 0.2) is 0 Å². The van der Waals surface area contributed by atoms with E-state index in [9.17, 15) is 13.2 Å². The molecule has 2 unspecified atom stereocenters. The average Bonchev–Trinajstić information content (AvgIpc) is 2.58. The van der Waals surface area contributed by atoms with Crippen molar-refractivity contribution in [1.82, 2.24) is 4.90 Å². The van der Waals surface area contributed by atoms with Gasteiger partial charge in [-0.15, -0.1) is 0 Å². The smallest absolute Gasteiger partial charge is 0.224 e. The molecule has 2 aliphatic heterocycles. The summed E-state index contributed by atoms with van der Waals surface area (Å²) in [4.78, 5) is 13.2. The lowest BCUT2D eigenvalue weighted by Crippen LogP contribution is -2.44. The number of sulfone groups is 1. The molecule has 2 fully saturated rings.